The fourth-order valence-corrected chi connectivity index (χ4v) is 3.20. The van der Waals surface area contributed by atoms with E-state index < -0.39 is 0 Å². The first kappa shape index (κ1) is 14.0. The second-order valence-corrected chi connectivity index (χ2v) is 5.86. The Hall–Kier alpha value is -1.95. The molecular formula is C15H19N5S. The van der Waals surface area contributed by atoms with Crippen molar-refractivity contribution in [3.05, 3.63) is 29.0 Å². The molecule has 3 rings (SSSR count). The van der Waals surface area contributed by atoms with E-state index in [4.69, 9.17) is 5.10 Å². The maximum atomic E-state index is 4.73. The first-order valence-corrected chi connectivity index (χ1v) is 8.16. The summed E-state index contributed by atoms with van der Waals surface area (Å²) in [6.45, 7) is 4.41. The molecule has 3 aromatic rings. The van der Waals surface area contributed by atoms with Gasteiger partial charge in [0.1, 0.15) is 5.82 Å². The first-order valence-electron chi connectivity index (χ1n) is 7.22. The van der Waals surface area contributed by atoms with Gasteiger partial charge in [0.05, 0.1) is 0 Å². The maximum Gasteiger partial charge on any atom is 0.186 e. The number of hydrogen-bond acceptors (Lipinski definition) is 5. The Morgan fingerprint density at radius 2 is 2.00 bits per heavy atom. The normalized spacial score (nSPS) is 11.4. The largest absolute Gasteiger partial charge is 0.355 e. The molecule has 0 unspecified atom stereocenters. The zero-order valence-electron chi connectivity index (χ0n) is 12.5. The number of aromatic nitrogens is 4. The van der Waals surface area contributed by atoms with Crippen LogP contribution in [-0.2, 0) is 0 Å². The van der Waals surface area contributed by atoms with Crippen molar-refractivity contribution in [2.24, 2.45) is 0 Å². The Morgan fingerprint density at radius 3 is 2.67 bits per heavy atom. The van der Waals surface area contributed by atoms with Crippen LogP contribution in [0.5, 0.6) is 0 Å². The Kier molecular flexibility index (Phi) is 3.88. The molecule has 0 aliphatic rings. The Balaban J connectivity index is 2.05. The minimum atomic E-state index is 0.496. The zero-order valence-corrected chi connectivity index (χ0v) is 13.3. The van der Waals surface area contributed by atoms with E-state index in [9.17, 15) is 0 Å². The van der Waals surface area contributed by atoms with Crippen molar-refractivity contribution in [3.8, 4) is 11.4 Å². The standard InChI is InChI=1S/C15H19N5S/c1-4-12(5-2)19(3)14-7-6-13-16-17-15(20(13)18-14)11-8-9-21-10-11/h6-10,12H,4-5H2,1-3H3. The fraction of sp³-hybridized carbons (Fsp3) is 0.400. The summed E-state index contributed by atoms with van der Waals surface area (Å²) in [4.78, 5) is 2.23. The van der Waals surface area contributed by atoms with Crippen LogP contribution in [0.4, 0.5) is 5.82 Å². The fourth-order valence-electron chi connectivity index (χ4n) is 2.56. The SMILES string of the molecule is CCC(CC)N(C)c1ccc2nnc(-c3ccsc3)n2n1. The minimum Gasteiger partial charge on any atom is -0.355 e. The van der Waals surface area contributed by atoms with Gasteiger partial charge in [0.2, 0.25) is 0 Å². The van der Waals surface area contributed by atoms with Gasteiger partial charge < -0.3 is 4.90 Å². The van der Waals surface area contributed by atoms with Gasteiger partial charge in [-0.1, -0.05) is 13.8 Å². The molecule has 0 fully saturated rings. The smallest absolute Gasteiger partial charge is 0.186 e. The molecule has 0 saturated carbocycles. The van der Waals surface area contributed by atoms with Crippen LogP contribution in [0, 0.1) is 0 Å². The number of nitrogens with zero attached hydrogens (tertiary/aromatic N) is 5. The van der Waals surface area contributed by atoms with E-state index >= 15 is 0 Å². The molecule has 0 spiro atoms. The monoisotopic (exact) mass is 301 g/mol. The number of thiophene rings is 1. The summed E-state index contributed by atoms with van der Waals surface area (Å²) in [6.07, 6.45) is 2.21. The minimum absolute atomic E-state index is 0.496. The molecule has 0 atom stereocenters. The number of fused-ring (bicyclic) bond motifs is 1. The molecule has 0 amide bonds. The molecule has 3 aromatic heterocycles. The lowest BCUT2D eigenvalue weighted by Gasteiger charge is -2.27. The van der Waals surface area contributed by atoms with E-state index in [1.54, 1.807) is 11.3 Å². The van der Waals surface area contributed by atoms with Gasteiger partial charge in [-0.3, -0.25) is 0 Å². The summed E-state index contributed by atoms with van der Waals surface area (Å²) in [6, 6.07) is 6.53. The van der Waals surface area contributed by atoms with E-state index in [0.29, 0.717) is 6.04 Å². The van der Waals surface area contributed by atoms with Crippen molar-refractivity contribution in [3.63, 3.8) is 0 Å². The van der Waals surface area contributed by atoms with Gasteiger partial charge in [-0.05, 0) is 36.4 Å². The topological polar surface area (TPSA) is 46.3 Å². The second kappa shape index (κ2) is 5.81. The summed E-state index contributed by atoms with van der Waals surface area (Å²) in [7, 11) is 2.10. The summed E-state index contributed by atoms with van der Waals surface area (Å²) in [5, 5.41) is 17.3. The molecular weight excluding hydrogens is 282 g/mol. The number of hydrogen-bond donors (Lipinski definition) is 0. The van der Waals surface area contributed by atoms with Crippen LogP contribution in [-0.4, -0.2) is 32.9 Å². The van der Waals surface area contributed by atoms with E-state index in [2.05, 4.69) is 41.4 Å². The molecule has 21 heavy (non-hydrogen) atoms. The molecule has 0 aromatic carbocycles. The quantitative estimate of drug-likeness (QED) is 0.724. The van der Waals surface area contributed by atoms with Crippen molar-refractivity contribution in [2.75, 3.05) is 11.9 Å². The average Bonchev–Trinajstić information content (AvgIpc) is 3.16. The molecule has 0 N–H and O–H groups in total. The highest BCUT2D eigenvalue weighted by Gasteiger charge is 2.15. The van der Waals surface area contributed by atoms with Crippen LogP contribution in [0.1, 0.15) is 26.7 Å². The molecule has 5 nitrogen and oxygen atoms in total. The molecule has 6 heteroatoms. The van der Waals surface area contributed by atoms with Gasteiger partial charge in [-0.25, -0.2) is 0 Å². The molecule has 0 saturated heterocycles. The van der Waals surface area contributed by atoms with Gasteiger partial charge in [-0.15, -0.1) is 15.3 Å². The predicted molar refractivity (Wildman–Crippen MR) is 86.9 cm³/mol. The number of rotatable bonds is 5. The van der Waals surface area contributed by atoms with Crippen molar-refractivity contribution >= 4 is 22.8 Å². The van der Waals surface area contributed by atoms with E-state index in [1.807, 2.05) is 28.1 Å². The number of anilines is 1. The van der Waals surface area contributed by atoms with Crippen molar-refractivity contribution in [1.82, 2.24) is 19.8 Å². The summed E-state index contributed by atoms with van der Waals surface area (Å²) < 4.78 is 1.83. The van der Waals surface area contributed by atoms with Crippen molar-refractivity contribution in [1.29, 1.82) is 0 Å². The molecule has 0 aliphatic carbocycles. The van der Waals surface area contributed by atoms with Crippen LogP contribution < -0.4 is 4.90 Å². The Bertz CT molecular complexity index is 715. The summed E-state index contributed by atoms with van der Waals surface area (Å²) in [5.41, 5.74) is 1.83. The van der Waals surface area contributed by atoms with Crippen molar-refractivity contribution < 1.29 is 0 Å². The van der Waals surface area contributed by atoms with Crippen LogP contribution in [0.15, 0.2) is 29.0 Å². The lowest BCUT2D eigenvalue weighted by molar-refractivity contribution is 0.583. The maximum absolute atomic E-state index is 4.73. The molecule has 110 valence electrons. The summed E-state index contributed by atoms with van der Waals surface area (Å²) >= 11 is 1.65. The van der Waals surface area contributed by atoms with E-state index in [-0.39, 0.29) is 0 Å². The average molecular weight is 301 g/mol. The van der Waals surface area contributed by atoms with Gasteiger partial charge >= 0.3 is 0 Å². The molecule has 0 aliphatic heterocycles. The van der Waals surface area contributed by atoms with Gasteiger partial charge in [0.25, 0.3) is 0 Å². The molecule has 0 radical (unpaired) electrons. The Morgan fingerprint density at radius 1 is 1.19 bits per heavy atom. The highest BCUT2D eigenvalue weighted by atomic mass is 32.1. The zero-order chi connectivity index (χ0) is 14.8. The highest BCUT2D eigenvalue weighted by molar-refractivity contribution is 7.08. The summed E-state index contributed by atoms with van der Waals surface area (Å²) in [5.74, 6) is 1.75. The first-order chi connectivity index (χ1) is 10.2. The third-order valence-corrected chi connectivity index (χ3v) is 4.56. The van der Waals surface area contributed by atoms with Gasteiger partial charge in [0, 0.05) is 24.0 Å². The lowest BCUT2D eigenvalue weighted by Crippen LogP contribution is -2.31. The second-order valence-electron chi connectivity index (χ2n) is 5.08. The van der Waals surface area contributed by atoms with E-state index in [0.717, 1.165) is 35.7 Å². The van der Waals surface area contributed by atoms with Crippen LogP contribution >= 0.6 is 11.3 Å². The van der Waals surface area contributed by atoms with Crippen LogP contribution in [0.2, 0.25) is 0 Å². The van der Waals surface area contributed by atoms with Gasteiger partial charge in [-0.2, -0.15) is 15.9 Å². The third kappa shape index (κ3) is 2.51. The lowest BCUT2D eigenvalue weighted by atomic mass is 10.1. The molecule has 3 heterocycles. The molecule has 0 bridgehead atoms. The van der Waals surface area contributed by atoms with E-state index in [1.165, 1.54) is 0 Å². The van der Waals surface area contributed by atoms with Crippen molar-refractivity contribution in [2.45, 2.75) is 32.7 Å². The van der Waals surface area contributed by atoms with Gasteiger partial charge in [0.15, 0.2) is 11.5 Å². The van der Waals surface area contributed by atoms with Crippen LogP contribution in [0.3, 0.4) is 0 Å². The Labute approximate surface area is 128 Å². The third-order valence-electron chi connectivity index (χ3n) is 3.88. The predicted octanol–water partition coefficient (Wildman–Crippen LogP) is 3.48. The highest BCUT2D eigenvalue weighted by Crippen LogP contribution is 2.22. The van der Waals surface area contributed by atoms with Crippen LogP contribution in [0.25, 0.3) is 17.0 Å².